The lowest BCUT2D eigenvalue weighted by Gasteiger charge is -2.30. The summed E-state index contributed by atoms with van der Waals surface area (Å²) in [5.41, 5.74) is 1.73. The van der Waals surface area contributed by atoms with E-state index in [1.54, 1.807) is 0 Å². The molecule has 0 radical (unpaired) electrons. The summed E-state index contributed by atoms with van der Waals surface area (Å²) in [6, 6.07) is 7.78. The molecular weight excluding hydrogens is 264 g/mol. The first-order valence-corrected chi connectivity index (χ1v) is 7.00. The van der Waals surface area contributed by atoms with Crippen molar-refractivity contribution < 1.29 is 9.21 Å². The molecule has 0 spiro atoms. The molecule has 0 saturated carbocycles. The molecule has 0 bridgehead atoms. The van der Waals surface area contributed by atoms with Gasteiger partial charge in [0.2, 0.25) is 5.91 Å². The topological polar surface area (TPSA) is 46.3 Å². The fraction of sp³-hybridized carbons (Fsp3) is 0.429. The van der Waals surface area contributed by atoms with Gasteiger partial charge >= 0.3 is 0 Å². The normalized spacial score (nSPS) is 17.0. The number of amides is 1. The van der Waals surface area contributed by atoms with Crippen LogP contribution in [0.15, 0.2) is 28.7 Å². The van der Waals surface area contributed by atoms with E-state index in [0.717, 1.165) is 42.9 Å². The predicted molar refractivity (Wildman–Crippen MR) is 73.3 cm³/mol. The van der Waals surface area contributed by atoms with Crippen molar-refractivity contribution in [3.05, 3.63) is 30.2 Å². The molecule has 1 aromatic heterocycles. The summed E-state index contributed by atoms with van der Waals surface area (Å²) in [4.78, 5) is 17.8. The number of hydrogen-bond acceptors (Lipinski definition) is 3. The lowest BCUT2D eigenvalue weighted by Crippen LogP contribution is -2.38. The quantitative estimate of drug-likeness (QED) is 0.794. The van der Waals surface area contributed by atoms with Crippen LogP contribution in [-0.4, -0.2) is 34.8 Å². The number of likely N-dealkylation sites (tertiary alicyclic amines) is 1. The van der Waals surface area contributed by atoms with Gasteiger partial charge in [-0.1, -0.05) is 12.1 Å². The molecular formula is C14H15ClN2O2. The third-order valence-corrected chi connectivity index (χ3v) is 3.85. The van der Waals surface area contributed by atoms with E-state index in [4.69, 9.17) is 16.0 Å². The van der Waals surface area contributed by atoms with Crippen LogP contribution in [-0.2, 0) is 4.79 Å². The Hall–Kier alpha value is -1.55. The highest BCUT2D eigenvalue weighted by Crippen LogP contribution is 2.29. The summed E-state index contributed by atoms with van der Waals surface area (Å²) >= 11 is 5.57. The number of alkyl halides is 1. The first-order chi connectivity index (χ1) is 9.28. The fourth-order valence-electron chi connectivity index (χ4n) is 2.53. The molecule has 3 rings (SSSR count). The Balaban J connectivity index is 1.72. The van der Waals surface area contributed by atoms with E-state index in [9.17, 15) is 4.79 Å². The molecule has 0 atom stereocenters. The molecule has 1 amide bonds. The van der Waals surface area contributed by atoms with Crippen molar-refractivity contribution in [2.24, 2.45) is 0 Å². The van der Waals surface area contributed by atoms with Gasteiger partial charge in [0.1, 0.15) is 11.4 Å². The number of halogens is 1. The van der Waals surface area contributed by atoms with Crippen LogP contribution in [0.2, 0.25) is 0 Å². The summed E-state index contributed by atoms with van der Waals surface area (Å²) in [5.74, 6) is 1.16. The standard InChI is InChI=1S/C14H15ClN2O2/c15-9-13(18)17-7-5-10(6-8-17)14-16-11-3-1-2-4-12(11)19-14/h1-4,10H,5-9H2. The van der Waals surface area contributed by atoms with Crippen molar-refractivity contribution in [2.75, 3.05) is 19.0 Å². The highest BCUT2D eigenvalue weighted by atomic mass is 35.5. The molecule has 1 aromatic carbocycles. The van der Waals surface area contributed by atoms with Gasteiger partial charge in [-0.3, -0.25) is 4.79 Å². The van der Waals surface area contributed by atoms with Gasteiger partial charge in [0.25, 0.3) is 0 Å². The largest absolute Gasteiger partial charge is 0.440 e. The minimum atomic E-state index is 0.0117. The molecule has 4 nitrogen and oxygen atoms in total. The van der Waals surface area contributed by atoms with Crippen LogP contribution >= 0.6 is 11.6 Å². The molecule has 100 valence electrons. The maximum Gasteiger partial charge on any atom is 0.237 e. The Bertz CT molecular complexity index is 555. The van der Waals surface area contributed by atoms with Crippen molar-refractivity contribution in [3.8, 4) is 0 Å². The van der Waals surface area contributed by atoms with E-state index < -0.39 is 0 Å². The molecule has 1 aliphatic rings. The Morgan fingerprint density at radius 2 is 2.11 bits per heavy atom. The Kier molecular flexibility index (Phi) is 3.42. The average molecular weight is 279 g/mol. The Morgan fingerprint density at radius 1 is 1.37 bits per heavy atom. The third kappa shape index (κ3) is 2.45. The second-order valence-corrected chi connectivity index (χ2v) is 5.08. The first kappa shape index (κ1) is 12.5. The van der Waals surface area contributed by atoms with Gasteiger partial charge in [-0.15, -0.1) is 11.6 Å². The number of nitrogens with zero attached hydrogens (tertiary/aromatic N) is 2. The van der Waals surface area contributed by atoms with Crippen LogP contribution < -0.4 is 0 Å². The molecule has 0 aliphatic carbocycles. The van der Waals surface area contributed by atoms with Crippen molar-refractivity contribution >= 4 is 28.6 Å². The van der Waals surface area contributed by atoms with Gasteiger partial charge in [0, 0.05) is 19.0 Å². The number of carbonyl (C=O) groups is 1. The van der Waals surface area contributed by atoms with Crippen LogP contribution in [0.4, 0.5) is 0 Å². The van der Waals surface area contributed by atoms with Gasteiger partial charge in [-0.25, -0.2) is 4.98 Å². The number of benzene rings is 1. The summed E-state index contributed by atoms with van der Waals surface area (Å²) in [6.45, 7) is 1.46. The minimum absolute atomic E-state index is 0.0117. The molecule has 0 N–H and O–H groups in total. The number of hydrogen-bond donors (Lipinski definition) is 0. The number of piperidine rings is 1. The van der Waals surface area contributed by atoms with E-state index in [1.807, 2.05) is 29.2 Å². The zero-order chi connectivity index (χ0) is 13.2. The second kappa shape index (κ2) is 5.21. The zero-order valence-corrected chi connectivity index (χ0v) is 11.3. The van der Waals surface area contributed by atoms with E-state index in [2.05, 4.69) is 4.98 Å². The number of para-hydroxylation sites is 2. The molecule has 5 heteroatoms. The SMILES string of the molecule is O=C(CCl)N1CCC(c2nc3ccccc3o2)CC1. The van der Waals surface area contributed by atoms with Gasteiger partial charge in [0.05, 0.1) is 0 Å². The first-order valence-electron chi connectivity index (χ1n) is 6.47. The number of oxazole rings is 1. The van der Waals surface area contributed by atoms with Crippen molar-refractivity contribution in [1.82, 2.24) is 9.88 Å². The maximum atomic E-state index is 11.5. The average Bonchev–Trinajstić information content (AvgIpc) is 2.90. The predicted octanol–water partition coefficient (Wildman–Crippen LogP) is 2.77. The summed E-state index contributed by atoms with van der Waals surface area (Å²) in [7, 11) is 0. The van der Waals surface area contributed by atoms with Gasteiger partial charge in [-0.05, 0) is 25.0 Å². The van der Waals surface area contributed by atoms with E-state index in [-0.39, 0.29) is 11.8 Å². The Labute approximate surface area is 116 Å². The fourth-order valence-corrected chi connectivity index (χ4v) is 2.69. The Morgan fingerprint density at radius 3 is 2.79 bits per heavy atom. The third-order valence-electron chi connectivity index (χ3n) is 3.62. The number of carbonyl (C=O) groups excluding carboxylic acids is 1. The van der Waals surface area contributed by atoms with Crippen LogP contribution in [0.1, 0.15) is 24.7 Å². The smallest absolute Gasteiger partial charge is 0.237 e. The number of fused-ring (bicyclic) bond motifs is 1. The lowest BCUT2D eigenvalue weighted by atomic mass is 9.97. The van der Waals surface area contributed by atoms with Crippen molar-refractivity contribution in [3.63, 3.8) is 0 Å². The highest BCUT2D eigenvalue weighted by molar-refractivity contribution is 6.27. The summed E-state index contributed by atoms with van der Waals surface area (Å²) < 4.78 is 5.79. The van der Waals surface area contributed by atoms with Gasteiger partial charge in [0.15, 0.2) is 11.5 Å². The summed E-state index contributed by atoms with van der Waals surface area (Å²) in [6.07, 6.45) is 1.77. The van der Waals surface area contributed by atoms with Crippen LogP contribution in [0.25, 0.3) is 11.1 Å². The maximum absolute atomic E-state index is 11.5. The van der Waals surface area contributed by atoms with E-state index in [0.29, 0.717) is 5.92 Å². The highest BCUT2D eigenvalue weighted by Gasteiger charge is 2.26. The number of aromatic nitrogens is 1. The second-order valence-electron chi connectivity index (χ2n) is 4.81. The zero-order valence-electron chi connectivity index (χ0n) is 10.5. The van der Waals surface area contributed by atoms with Crippen LogP contribution in [0.3, 0.4) is 0 Å². The van der Waals surface area contributed by atoms with Crippen LogP contribution in [0.5, 0.6) is 0 Å². The lowest BCUT2D eigenvalue weighted by molar-refractivity contribution is -0.129. The van der Waals surface area contributed by atoms with Gasteiger partial charge < -0.3 is 9.32 Å². The van der Waals surface area contributed by atoms with Crippen LogP contribution in [0, 0.1) is 0 Å². The molecule has 1 fully saturated rings. The molecule has 2 heterocycles. The van der Waals surface area contributed by atoms with Gasteiger partial charge in [-0.2, -0.15) is 0 Å². The van der Waals surface area contributed by atoms with Crippen molar-refractivity contribution in [2.45, 2.75) is 18.8 Å². The molecule has 19 heavy (non-hydrogen) atoms. The molecule has 0 unspecified atom stereocenters. The molecule has 1 aliphatic heterocycles. The summed E-state index contributed by atoms with van der Waals surface area (Å²) in [5, 5.41) is 0. The van der Waals surface area contributed by atoms with Crippen molar-refractivity contribution in [1.29, 1.82) is 0 Å². The monoisotopic (exact) mass is 278 g/mol. The van der Waals surface area contributed by atoms with E-state index >= 15 is 0 Å². The minimum Gasteiger partial charge on any atom is -0.440 e. The molecule has 2 aromatic rings. The van der Waals surface area contributed by atoms with E-state index in [1.165, 1.54) is 0 Å². The molecule has 1 saturated heterocycles. The number of rotatable bonds is 2.